The van der Waals surface area contributed by atoms with Gasteiger partial charge < -0.3 is 0 Å². The van der Waals surface area contributed by atoms with E-state index >= 15 is 0 Å². The van der Waals surface area contributed by atoms with Crippen molar-refractivity contribution in [3.05, 3.63) is 0 Å². The minimum atomic E-state index is 0.0874. The Morgan fingerprint density at radius 2 is 1.92 bits per heavy atom. The van der Waals surface area contributed by atoms with Gasteiger partial charge in [-0.15, -0.1) is 34.8 Å². The van der Waals surface area contributed by atoms with Crippen LogP contribution in [-0.2, 0) is 0 Å². The monoisotopic (exact) mass is 245 g/mol. The van der Waals surface area contributed by atoms with Gasteiger partial charge in [0, 0.05) is 24.3 Å². The fourth-order valence-electron chi connectivity index (χ4n) is 1.19. The molecule has 80 valence electrons. The Kier molecular flexibility index (Phi) is 8.69. The summed E-state index contributed by atoms with van der Waals surface area (Å²) in [7, 11) is 0. The molecule has 0 N–H and O–H groups in total. The Morgan fingerprint density at radius 3 is 2.31 bits per heavy atom. The molecule has 0 rings (SSSR count). The highest BCUT2D eigenvalue weighted by atomic mass is 35.5. The lowest BCUT2D eigenvalue weighted by Crippen LogP contribution is -2.36. The predicted molar refractivity (Wildman–Crippen MR) is 62.2 cm³/mol. The Labute approximate surface area is 96.3 Å². The van der Waals surface area contributed by atoms with Gasteiger partial charge in [-0.25, -0.2) is 0 Å². The molecule has 0 aliphatic heterocycles. The topological polar surface area (TPSA) is 3.24 Å². The molecule has 13 heavy (non-hydrogen) atoms. The van der Waals surface area contributed by atoms with E-state index in [0.717, 1.165) is 25.9 Å². The van der Waals surface area contributed by atoms with E-state index in [4.69, 9.17) is 34.8 Å². The summed E-state index contributed by atoms with van der Waals surface area (Å²) in [4.78, 5) is 2.18. The van der Waals surface area contributed by atoms with Gasteiger partial charge in [0.25, 0.3) is 0 Å². The van der Waals surface area contributed by atoms with Crippen molar-refractivity contribution in [2.75, 3.05) is 19.0 Å². The van der Waals surface area contributed by atoms with Gasteiger partial charge in [0.15, 0.2) is 0 Å². The molecular formula is C9H18Cl3N. The third-order valence-electron chi connectivity index (χ3n) is 1.80. The Balaban J connectivity index is 3.87. The molecule has 0 aliphatic rings. The maximum absolute atomic E-state index is 6.14. The molecule has 0 bridgehead atoms. The van der Waals surface area contributed by atoms with Crippen molar-refractivity contribution >= 4 is 34.8 Å². The van der Waals surface area contributed by atoms with Crippen LogP contribution in [0.25, 0.3) is 0 Å². The number of rotatable bonds is 7. The fraction of sp³-hybridized carbons (Fsp3) is 1.00. The smallest absolute Gasteiger partial charge is 0.0848 e. The quantitative estimate of drug-likeness (QED) is 0.491. The summed E-state index contributed by atoms with van der Waals surface area (Å²) < 4.78 is 0. The van der Waals surface area contributed by atoms with Gasteiger partial charge >= 0.3 is 0 Å². The minimum Gasteiger partial charge on any atom is -0.286 e. The minimum absolute atomic E-state index is 0.0874. The molecule has 0 fully saturated rings. The zero-order valence-corrected chi connectivity index (χ0v) is 10.5. The first-order valence-corrected chi connectivity index (χ1v) is 6.10. The molecule has 0 aromatic rings. The normalized spacial score (nSPS) is 16.2. The predicted octanol–water partition coefficient (Wildman–Crippen LogP) is 3.52. The Morgan fingerprint density at radius 1 is 1.31 bits per heavy atom. The molecular weight excluding hydrogens is 228 g/mol. The summed E-state index contributed by atoms with van der Waals surface area (Å²) in [6.07, 6.45) is 1.90. The fourth-order valence-corrected chi connectivity index (χ4v) is 1.66. The lowest BCUT2D eigenvalue weighted by Gasteiger charge is -2.27. The van der Waals surface area contributed by atoms with Gasteiger partial charge in [0.05, 0.1) is 5.50 Å². The first kappa shape index (κ1) is 13.8. The lowest BCUT2D eigenvalue weighted by molar-refractivity contribution is 0.250. The molecule has 1 nitrogen and oxygen atoms in total. The summed E-state index contributed by atoms with van der Waals surface area (Å²) in [5.74, 6) is 0.681. The second kappa shape index (κ2) is 8.16. The van der Waals surface area contributed by atoms with Gasteiger partial charge in [0.2, 0.25) is 0 Å². The van der Waals surface area contributed by atoms with E-state index in [1.807, 2.05) is 6.92 Å². The second-order valence-corrected chi connectivity index (χ2v) is 4.79. The number of hydrogen-bond donors (Lipinski definition) is 0. The maximum Gasteiger partial charge on any atom is 0.0848 e. The van der Waals surface area contributed by atoms with Crippen LogP contribution in [0.15, 0.2) is 0 Å². The molecule has 0 saturated carbocycles. The SMILES string of the molecule is CCC(Cl)N(CCCCl)CC(C)Cl. The Bertz CT molecular complexity index is 119. The van der Waals surface area contributed by atoms with Crippen molar-refractivity contribution in [3.63, 3.8) is 0 Å². The van der Waals surface area contributed by atoms with E-state index in [1.165, 1.54) is 0 Å². The summed E-state index contributed by atoms with van der Waals surface area (Å²) >= 11 is 17.7. The highest BCUT2D eigenvalue weighted by Crippen LogP contribution is 2.12. The van der Waals surface area contributed by atoms with Crippen molar-refractivity contribution < 1.29 is 0 Å². The van der Waals surface area contributed by atoms with E-state index in [1.54, 1.807) is 0 Å². The maximum atomic E-state index is 6.14. The van der Waals surface area contributed by atoms with Gasteiger partial charge in [-0.1, -0.05) is 6.92 Å². The number of halogens is 3. The van der Waals surface area contributed by atoms with Crippen LogP contribution >= 0.6 is 34.8 Å². The third kappa shape index (κ3) is 6.84. The van der Waals surface area contributed by atoms with Gasteiger partial charge in [-0.05, 0) is 19.8 Å². The summed E-state index contributed by atoms with van der Waals surface area (Å²) in [5.41, 5.74) is 0.0874. The molecule has 0 radical (unpaired) electrons. The molecule has 0 amide bonds. The highest BCUT2D eigenvalue weighted by molar-refractivity contribution is 6.21. The molecule has 0 aliphatic carbocycles. The standard InChI is InChI=1S/C9H18Cl3N/c1-3-9(12)13(6-4-5-10)7-8(2)11/h8-9H,3-7H2,1-2H3. The third-order valence-corrected chi connectivity index (χ3v) is 2.79. The van der Waals surface area contributed by atoms with Crippen LogP contribution in [0.5, 0.6) is 0 Å². The zero-order valence-electron chi connectivity index (χ0n) is 8.27. The lowest BCUT2D eigenvalue weighted by atomic mass is 10.3. The van der Waals surface area contributed by atoms with Crippen LogP contribution in [0.4, 0.5) is 0 Å². The number of nitrogens with zero attached hydrogens (tertiary/aromatic N) is 1. The zero-order chi connectivity index (χ0) is 10.3. The van der Waals surface area contributed by atoms with Crippen molar-refractivity contribution in [1.29, 1.82) is 0 Å². The summed E-state index contributed by atoms with van der Waals surface area (Å²) in [6, 6.07) is 0. The average Bonchev–Trinajstić information content (AvgIpc) is 2.10. The van der Waals surface area contributed by atoms with E-state index in [2.05, 4.69) is 11.8 Å². The summed E-state index contributed by atoms with van der Waals surface area (Å²) in [5, 5.41) is 0.142. The number of hydrogen-bond acceptors (Lipinski definition) is 1. The van der Waals surface area contributed by atoms with Crippen LogP contribution in [0.2, 0.25) is 0 Å². The van der Waals surface area contributed by atoms with E-state index in [-0.39, 0.29) is 10.9 Å². The molecule has 2 atom stereocenters. The molecule has 0 spiro atoms. The van der Waals surface area contributed by atoms with Crippen molar-refractivity contribution in [2.24, 2.45) is 0 Å². The molecule has 0 aromatic carbocycles. The first-order valence-electron chi connectivity index (χ1n) is 4.70. The van der Waals surface area contributed by atoms with E-state index in [0.29, 0.717) is 5.88 Å². The molecule has 0 saturated heterocycles. The van der Waals surface area contributed by atoms with Crippen LogP contribution in [0, 0.1) is 0 Å². The molecule has 0 heterocycles. The van der Waals surface area contributed by atoms with Crippen LogP contribution < -0.4 is 0 Å². The van der Waals surface area contributed by atoms with Gasteiger partial charge in [0.1, 0.15) is 0 Å². The summed E-state index contributed by atoms with van der Waals surface area (Å²) in [6.45, 7) is 5.82. The molecule has 0 aromatic heterocycles. The van der Waals surface area contributed by atoms with Crippen LogP contribution in [-0.4, -0.2) is 34.7 Å². The largest absolute Gasteiger partial charge is 0.286 e. The van der Waals surface area contributed by atoms with Crippen molar-refractivity contribution in [3.8, 4) is 0 Å². The van der Waals surface area contributed by atoms with Crippen molar-refractivity contribution in [2.45, 2.75) is 37.6 Å². The Hall–Kier alpha value is 0.830. The first-order chi connectivity index (χ1) is 6.11. The average molecular weight is 247 g/mol. The second-order valence-electron chi connectivity index (χ2n) is 3.16. The molecule has 2 unspecified atom stereocenters. The van der Waals surface area contributed by atoms with Crippen molar-refractivity contribution in [1.82, 2.24) is 4.90 Å². The van der Waals surface area contributed by atoms with Crippen LogP contribution in [0.1, 0.15) is 26.7 Å². The van der Waals surface area contributed by atoms with Crippen LogP contribution in [0.3, 0.4) is 0 Å². The van der Waals surface area contributed by atoms with E-state index < -0.39 is 0 Å². The number of alkyl halides is 3. The highest BCUT2D eigenvalue weighted by Gasteiger charge is 2.14. The van der Waals surface area contributed by atoms with E-state index in [9.17, 15) is 0 Å². The van der Waals surface area contributed by atoms with Gasteiger partial charge in [-0.2, -0.15) is 0 Å². The molecule has 4 heteroatoms. The van der Waals surface area contributed by atoms with Gasteiger partial charge in [-0.3, -0.25) is 4.90 Å².